The first-order valence-corrected chi connectivity index (χ1v) is 9.79. The molecule has 2 aromatic rings. The molecule has 0 spiro atoms. The molecule has 0 unspecified atom stereocenters. The van der Waals surface area contributed by atoms with E-state index in [0.29, 0.717) is 18.1 Å². The summed E-state index contributed by atoms with van der Waals surface area (Å²) in [7, 11) is -0.506. The number of anilines is 2. The molecule has 0 saturated carbocycles. The molecule has 0 fully saturated rings. The summed E-state index contributed by atoms with van der Waals surface area (Å²) in [6, 6.07) is 5.61. The zero-order chi connectivity index (χ0) is 15.5. The molecule has 0 radical (unpaired) electrons. The Bertz CT molecular complexity index is 604. The van der Waals surface area contributed by atoms with Gasteiger partial charge < -0.3 is 16.2 Å². The van der Waals surface area contributed by atoms with Crippen molar-refractivity contribution in [3.63, 3.8) is 0 Å². The van der Waals surface area contributed by atoms with E-state index in [1.165, 1.54) is 0 Å². The molecule has 1 heterocycles. The van der Waals surface area contributed by atoms with Crippen molar-refractivity contribution in [1.29, 1.82) is 0 Å². The van der Waals surface area contributed by atoms with Crippen LogP contribution < -0.4 is 11.5 Å². The van der Waals surface area contributed by atoms with Crippen molar-refractivity contribution < 1.29 is 4.74 Å². The molecule has 0 saturated heterocycles. The second-order valence-corrected chi connectivity index (χ2v) is 10.5. The number of hydrogen-bond acceptors (Lipinski definition) is 4. The van der Waals surface area contributed by atoms with Gasteiger partial charge in [0.2, 0.25) is 0 Å². The molecular weight excluding hydrogens is 284 g/mol. The Hall–Kier alpha value is -1.66. The van der Waals surface area contributed by atoms with Crippen LogP contribution in [-0.4, -0.2) is 40.9 Å². The molecule has 0 aliphatic rings. The molecule has 116 valence electrons. The van der Waals surface area contributed by atoms with Gasteiger partial charge in [0.15, 0.2) is 0 Å². The van der Waals surface area contributed by atoms with Crippen LogP contribution in [-0.2, 0) is 11.5 Å². The number of benzene rings is 1. The van der Waals surface area contributed by atoms with Crippen LogP contribution >= 0.6 is 10.0 Å². The summed E-state index contributed by atoms with van der Waals surface area (Å²) in [5, 5.41) is 4.31. The summed E-state index contributed by atoms with van der Waals surface area (Å²) in [5.74, 6) is 1.11. The van der Waals surface area contributed by atoms with Crippen molar-refractivity contribution in [2.45, 2.75) is 6.73 Å². The van der Waals surface area contributed by atoms with Crippen LogP contribution in [0.5, 0.6) is 0 Å². The van der Waals surface area contributed by atoms with Gasteiger partial charge in [0, 0.05) is 17.5 Å². The first-order chi connectivity index (χ1) is 9.85. The van der Waals surface area contributed by atoms with Crippen molar-refractivity contribution in [3.05, 3.63) is 30.6 Å². The van der Waals surface area contributed by atoms with Crippen LogP contribution in [0.3, 0.4) is 0 Å². The Morgan fingerprint density at radius 1 is 1.14 bits per heavy atom. The van der Waals surface area contributed by atoms with E-state index in [1.807, 2.05) is 30.6 Å². The fraction of sp³-hybridized carbons (Fsp3) is 0.400. The monoisotopic (exact) mass is 308 g/mol. The molecule has 6 heteroatoms. The van der Waals surface area contributed by atoms with E-state index in [2.05, 4.69) is 23.9 Å². The molecule has 1 aromatic carbocycles. The van der Waals surface area contributed by atoms with Gasteiger partial charge >= 0.3 is 0 Å². The van der Waals surface area contributed by atoms with Crippen LogP contribution in [0.4, 0.5) is 11.4 Å². The van der Waals surface area contributed by atoms with Gasteiger partial charge in [-0.15, -0.1) is 0 Å². The lowest BCUT2D eigenvalue weighted by Crippen LogP contribution is -2.10. The van der Waals surface area contributed by atoms with E-state index in [0.717, 1.165) is 23.5 Å². The first-order valence-electron chi connectivity index (χ1n) is 6.77. The molecule has 1 aromatic heterocycles. The van der Waals surface area contributed by atoms with Gasteiger partial charge in [-0.1, -0.05) is 6.07 Å². The Morgan fingerprint density at radius 2 is 1.90 bits per heavy atom. The maximum absolute atomic E-state index is 5.83. The number of nitrogens with zero attached hydrogens (tertiary/aromatic N) is 2. The largest absolute Gasteiger partial charge is 0.397 e. The lowest BCUT2D eigenvalue weighted by molar-refractivity contribution is 0.0809. The number of ether oxygens (including phenoxy) is 1. The Balaban J connectivity index is 1.93. The van der Waals surface area contributed by atoms with Crippen LogP contribution in [0, 0.1) is 0 Å². The standard InChI is InChI=1S/C15H24N4OS/c1-21(2,3)7-6-20-11-19-10-13(9-18-19)12-4-5-14(16)15(17)8-12/h4-5,8-10H,6-7,11,16-17H2,1-3H3. The molecule has 0 aliphatic heterocycles. The van der Waals surface area contributed by atoms with Gasteiger partial charge in [0.1, 0.15) is 6.73 Å². The van der Waals surface area contributed by atoms with Gasteiger partial charge in [-0.3, -0.25) is 0 Å². The minimum absolute atomic E-state index is 0.472. The van der Waals surface area contributed by atoms with Crippen molar-refractivity contribution in [1.82, 2.24) is 9.78 Å². The average Bonchev–Trinajstić information content (AvgIpc) is 2.86. The Labute approximate surface area is 127 Å². The highest BCUT2D eigenvalue weighted by atomic mass is 32.3. The maximum atomic E-state index is 5.83. The Morgan fingerprint density at radius 3 is 2.57 bits per heavy atom. The summed E-state index contributed by atoms with van der Waals surface area (Å²) in [5.41, 5.74) is 14.8. The highest BCUT2D eigenvalue weighted by molar-refractivity contribution is 8.32. The lowest BCUT2D eigenvalue weighted by Gasteiger charge is -2.24. The highest BCUT2D eigenvalue weighted by Gasteiger charge is 2.05. The number of nitrogens with two attached hydrogens (primary N) is 2. The third-order valence-corrected chi connectivity index (χ3v) is 4.51. The van der Waals surface area contributed by atoms with Crippen LogP contribution in [0.2, 0.25) is 0 Å². The zero-order valence-electron chi connectivity index (χ0n) is 12.9. The van der Waals surface area contributed by atoms with E-state index in [1.54, 1.807) is 4.68 Å². The molecule has 2 rings (SSSR count). The van der Waals surface area contributed by atoms with Crippen molar-refractivity contribution >= 4 is 21.4 Å². The van der Waals surface area contributed by atoms with E-state index >= 15 is 0 Å². The van der Waals surface area contributed by atoms with E-state index < -0.39 is 10.0 Å². The molecule has 21 heavy (non-hydrogen) atoms. The van der Waals surface area contributed by atoms with Crippen LogP contribution in [0.15, 0.2) is 30.6 Å². The summed E-state index contributed by atoms with van der Waals surface area (Å²) in [6.07, 6.45) is 10.6. The number of hydrogen-bond donors (Lipinski definition) is 2. The molecular formula is C15H24N4OS. The van der Waals surface area contributed by atoms with Gasteiger partial charge in [-0.25, -0.2) is 14.7 Å². The van der Waals surface area contributed by atoms with E-state index in [9.17, 15) is 0 Å². The number of nitrogen functional groups attached to an aromatic ring is 2. The quantitative estimate of drug-likeness (QED) is 0.634. The van der Waals surface area contributed by atoms with E-state index in [4.69, 9.17) is 16.2 Å². The molecule has 0 amide bonds. The van der Waals surface area contributed by atoms with Crippen LogP contribution in [0.1, 0.15) is 0 Å². The minimum atomic E-state index is -0.506. The van der Waals surface area contributed by atoms with Gasteiger partial charge in [-0.05, 0) is 36.5 Å². The van der Waals surface area contributed by atoms with Crippen molar-refractivity contribution in [2.24, 2.45) is 0 Å². The number of rotatable bonds is 6. The van der Waals surface area contributed by atoms with Gasteiger partial charge in [0.25, 0.3) is 0 Å². The average molecular weight is 308 g/mol. The predicted molar refractivity (Wildman–Crippen MR) is 92.7 cm³/mol. The minimum Gasteiger partial charge on any atom is -0.397 e. The third-order valence-electron chi connectivity index (χ3n) is 3.12. The second kappa shape index (κ2) is 6.41. The lowest BCUT2D eigenvalue weighted by atomic mass is 10.1. The van der Waals surface area contributed by atoms with Crippen molar-refractivity contribution in [2.75, 3.05) is 42.6 Å². The molecule has 0 atom stereocenters. The fourth-order valence-electron chi connectivity index (χ4n) is 1.80. The van der Waals surface area contributed by atoms with Gasteiger partial charge in [-0.2, -0.15) is 5.10 Å². The van der Waals surface area contributed by atoms with Crippen LogP contribution in [0.25, 0.3) is 11.1 Å². The van der Waals surface area contributed by atoms with Crippen molar-refractivity contribution in [3.8, 4) is 11.1 Å². The summed E-state index contributed by atoms with van der Waals surface area (Å²) >= 11 is 0. The molecule has 5 nitrogen and oxygen atoms in total. The second-order valence-electron chi connectivity index (χ2n) is 5.94. The summed E-state index contributed by atoms with van der Waals surface area (Å²) in [4.78, 5) is 0. The summed E-state index contributed by atoms with van der Waals surface area (Å²) < 4.78 is 7.46. The molecule has 0 bridgehead atoms. The zero-order valence-corrected chi connectivity index (χ0v) is 13.7. The molecule has 4 N–H and O–H groups in total. The third kappa shape index (κ3) is 4.68. The normalized spacial score (nSPS) is 12.5. The Kier molecular flexibility index (Phi) is 4.80. The predicted octanol–water partition coefficient (Wildman–Crippen LogP) is 2.38. The maximum Gasteiger partial charge on any atom is 0.139 e. The fourth-order valence-corrected chi connectivity index (χ4v) is 2.42. The SMILES string of the molecule is CS(C)(C)CCOCn1cc(-c2ccc(N)c(N)c2)cn1. The van der Waals surface area contributed by atoms with E-state index in [-0.39, 0.29) is 0 Å². The highest BCUT2D eigenvalue weighted by Crippen LogP contribution is 2.33. The summed E-state index contributed by atoms with van der Waals surface area (Å²) in [6.45, 7) is 1.24. The first kappa shape index (κ1) is 15.7. The number of aromatic nitrogens is 2. The topological polar surface area (TPSA) is 79.1 Å². The molecule has 0 aliphatic carbocycles. The smallest absolute Gasteiger partial charge is 0.139 e. The van der Waals surface area contributed by atoms with Gasteiger partial charge in [0.05, 0.1) is 24.2 Å².